The van der Waals surface area contributed by atoms with E-state index in [1.807, 2.05) is 0 Å². The molecule has 0 aromatic carbocycles. The molecule has 2 aromatic heterocycles. The Balaban J connectivity index is 1.75. The smallest absolute Gasteiger partial charge is 0.306 e. The standard InChI is InChI=1S/C21H27ClN4O4/c1-3-5-6-7-8-9-17(28)29-15-12-16(30-21(15,4-2)13-27)26-11-10-14-18(23)24-20(22)25-19(14)26/h2,10-11,15-16,27H,3,5-9,12-13H2,1H3,(H2,23,24,25)/t15-,16+,21+/m0/s1. The molecule has 0 unspecified atom stereocenters. The number of carbonyl (C=O) groups excluding carboxylic acids is 1. The first-order valence-electron chi connectivity index (χ1n) is 10.2. The van der Waals surface area contributed by atoms with Crippen LogP contribution < -0.4 is 5.73 Å². The molecule has 0 spiro atoms. The summed E-state index contributed by atoms with van der Waals surface area (Å²) in [5.41, 5.74) is 4.96. The Labute approximate surface area is 180 Å². The number of hydrogen-bond donors (Lipinski definition) is 2. The summed E-state index contributed by atoms with van der Waals surface area (Å²) >= 11 is 5.95. The van der Waals surface area contributed by atoms with Crippen molar-refractivity contribution in [3.8, 4) is 12.3 Å². The molecule has 162 valence electrons. The number of esters is 1. The maximum absolute atomic E-state index is 12.4. The Kier molecular flexibility index (Phi) is 7.19. The van der Waals surface area contributed by atoms with Gasteiger partial charge in [0.25, 0.3) is 0 Å². The van der Waals surface area contributed by atoms with Crippen LogP contribution in [0.15, 0.2) is 12.3 Å². The predicted octanol–water partition coefficient (Wildman–Crippen LogP) is 3.22. The summed E-state index contributed by atoms with van der Waals surface area (Å²) in [7, 11) is 0. The molecule has 0 radical (unpaired) electrons. The molecule has 9 heteroatoms. The van der Waals surface area contributed by atoms with Crippen LogP contribution in [0.1, 0.15) is 58.1 Å². The van der Waals surface area contributed by atoms with Crippen molar-refractivity contribution in [3.05, 3.63) is 17.5 Å². The third kappa shape index (κ3) is 4.53. The zero-order valence-electron chi connectivity index (χ0n) is 17.0. The van der Waals surface area contributed by atoms with E-state index in [0.717, 1.165) is 32.1 Å². The maximum atomic E-state index is 12.4. The molecule has 30 heavy (non-hydrogen) atoms. The Morgan fingerprint density at radius 1 is 1.47 bits per heavy atom. The van der Waals surface area contributed by atoms with Crippen LogP contribution >= 0.6 is 11.6 Å². The quantitative estimate of drug-likeness (QED) is 0.269. The fourth-order valence-electron chi connectivity index (χ4n) is 3.72. The van der Waals surface area contributed by atoms with E-state index < -0.39 is 24.5 Å². The first kappa shape index (κ1) is 22.3. The fourth-order valence-corrected chi connectivity index (χ4v) is 3.89. The molecule has 0 amide bonds. The highest BCUT2D eigenvalue weighted by Gasteiger charge is 2.50. The van der Waals surface area contributed by atoms with E-state index in [0.29, 0.717) is 17.5 Å². The molecule has 0 aliphatic carbocycles. The lowest BCUT2D eigenvalue weighted by Crippen LogP contribution is -2.44. The molecular formula is C21H27ClN4O4. The molecule has 0 bridgehead atoms. The number of unbranched alkanes of at least 4 members (excludes halogenated alkanes) is 4. The van der Waals surface area contributed by atoms with E-state index in [2.05, 4.69) is 22.8 Å². The summed E-state index contributed by atoms with van der Waals surface area (Å²) in [6.07, 6.45) is 11.7. The Morgan fingerprint density at radius 3 is 2.93 bits per heavy atom. The third-order valence-electron chi connectivity index (χ3n) is 5.40. The summed E-state index contributed by atoms with van der Waals surface area (Å²) in [6.45, 7) is 1.66. The van der Waals surface area contributed by atoms with Gasteiger partial charge in [-0.3, -0.25) is 4.79 Å². The molecule has 2 aromatic rings. The highest BCUT2D eigenvalue weighted by molar-refractivity contribution is 6.28. The van der Waals surface area contributed by atoms with Gasteiger partial charge < -0.3 is 24.9 Å². The zero-order chi connectivity index (χ0) is 21.7. The normalized spacial score (nSPS) is 23.5. The number of halogens is 1. The van der Waals surface area contributed by atoms with Gasteiger partial charge in [0.15, 0.2) is 5.60 Å². The number of hydrogen-bond acceptors (Lipinski definition) is 7. The lowest BCUT2D eigenvalue weighted by Gasteiger charge is -2.26. The first-order chi connectivity index (χ1) is 14.4. The van der Waals surface area contributed by atoms with Gasteiger partial charge in [0.2, 0.25) is 5.28 Å². The molecule has 1 saturated heterocycles. The van der Waals surface area contributed by atoms with Gasteiger partial charge in [-0.05, 0) is 24.1 Å². The molecule has 1 aliphatic rings. The van der Waals surface area contributed by atoms with Crippen molar-refractivity contribution >= 4 is 34.4 Å². The molecule has 0 saturated carbocycles. The highest BCUT2D eigenvalue weighted by Crippen LogP contribution is 2.40. The van der Waals surface area contributed by atoms with Crippen molar-refractivity contribution in [3.63, 3.8) is 0 Å². The van der Waals surface area contributed by atoms with E-state index in [1.54, 1.807) is 16.8 Å². The molecule has 3 heterocycles. The number of fused-ring (bicyclic) bond motifs is 1. The lowest BCUT2D eigenvalue weighted by atomic mass is 9.98. The van der Waals surface area contributed by atoms with Crippen LogP contribution in [0.5, 0.6) is 0 Å². The van der Waals surface area contributed by atoms with Crippen LogP contribution in [0.25, 0.3) is 11.0 Å². The van der Waals surface area contributed by atoms with Crippen LogP contribution in [-0.2, 0) is 14.3 Å². The van der Waals surface area contributed by atoms with Crippen LogP contribution in [0.4, 0.5) is 5.82 Å². The van der Waals surface area contributed by atoms with Crippen molar-refractivity contribution < 1.29 is 19.4 Å². The van der Waals surface area contributed by atoms with Crippen LogP contribution in [0.3, 0.4) is 0 Å². The third-order valence-corrected chi connectivity index (χ3v) is 5.57. The summed E-state index contributed by atoms with van der Waals surface area (Å²) in [6, 6.07) is 1.75. The number of nitrogens with two attached hydrogens (primary N) is 1. The number of aliphatic hydroxyl groups excluding tert-OH is 1. The summed E-state index contributed by atoms with van der Waals surface area (Å²) in [5.74, 6) is 2.38. The second kappa shape index (κ2) is 9.65. The molecule has 3 atom stereocenters. The number of carbonyl (C=O) groups is 1. The van der Waals surface area contributed by atoms with Gasteiger partial charge in [-0.15, -0.1) is 6.42 Å². The molecule has 1 fully saturated rings. The second-order valence-electron chi connectivity index (χ2n) is 7.48. The number of terminal acetylenes is 1. The van der Waals surface area contributed by atoms with Gasteiger partial charge in [0, 0.05) is 19.0 Å². The van der Waals surface area contributed by atoms with Crippen molar-refractivity contribution in [2.24, 2.45) is 0 Å². The Bertz CT molecular complexity index is 941. The molecular weight excluding hydrogens is 408 g/mol. The van der Waals surface area contributed by atoms with Gasteiger partial charge >= 0.3 is 5.97 Å². The van der Waals surface area contributed by atoms with Crippen molar-refractivity contribution in [2.45, 2.75) is 69.8 Å². The van der Waals surface area contributed by atoms with E-state index in [4.69, 9.17) is 33.2 Å². The minimum absolute atomic E-state index is 0.00868. The molecule has 8 nitrogen and oxygen atoms in total. The topological polar surface area (TPSA) is 112 Å². The van der Waals surface area contributed by atoms with E-state index in [-0.39, 0.29) is 23.5 Å². The van der Waals surface area contributed by atoms with Gasteiger partial charge in [-0.1, -0.05) is 38.5 Å². The molecule has 3 rings (SSSR count). The average Bonchev–Trinajstić information content (AvgIpc) is 3.29. The highest BCUT2D eigenvalue weighted by atomic mass is 35.5. The fraction of sp³-hybridized carbons (Fsp3) is 0.571. The first-order valence-corrected chi connectivity index (χ1v) is 10.6. The van der Waals surface area contributed by atoms with Crippen LogP contribution in [0, 0.1) is 12.3 Å². The van der Waals surface area contributed by atoms with Gasteiger partial charge in [-0.25, -0.2) is 4.98 Å². The minimum Gasteiger partial charge on any atom is -0.458 e. The van der Waals surface area contributed by atoms with Gasteiger partial charge in [0.1, 0.15) is 23.8 Å². The number of aromatic nitrogens is 3. The number of aliphatic hydroxyl groups is 1. The average molecular weight is 435 g/mol. The number of nitrogens with zero attached hydrogens (tertiary/aromatic N) is 3. The zero-order valence-corrected chi connectivity index (χ0v) is 17.8. The summed E-state index contributed by atoms with van der Waals surface area (Å²) < 4.78 is 13.4. The van der Waals surface area contributed by atoms with Gasteiger partial charge in [-0.2, -0.15) is 4.98 Å². The van der Waals surface area contributed by atoms with E-state index in [9.17, 15) is 9.90 Å². The second-order valence-corrected chi connectivity index (χ2v) is 7.82. The van der Waals surface area contributed by atoms with E-state index in [1.165, 1.54) is 0 Å². The van der Waals surface area contributed by atoms with Gasteiger partial charge in [0.05, 0.1) is 12.0 Å². The lowest BCUT2D eigenvalue weighted by molar-refractivity contribution is -0.158. The number of ether oxygens (including phenoxy) is 2. The van der Waals surface area contributed by atoms with Crippen LogP contribution in [-0.4, -0.2) is 43.9 Å². The van der Waals surface area contributed by atoms with Crippen LogP contribution in [0.2, 0.25) is 5.28 Å². The minimum atomic E-state index is -1.43. The maximum Gasteiger partial charge on any atom is 0.306 e. The summed E-state index contributed by atoms with van der Waals surface area (Å²) in [5, 5.41) is 10.6. The Hall–Kier alpha value is -2.34. The van der Waals surface area contributed by atoms with Crippen molar-refractivity contribution in [1.29, 1.82) is 0 Å². The van der Waals surface area contributed by atoms with Crippen molar-refractivity contribution in [1.82, 2.24) is 14.5 Å². The number of anilines is 1. The molecule has 3 N–H and O–H groups in total. The van der Waals surface area contributed by atoms with Crippen molar-refractivity contribution in [2.75, 3.05) is 12.3 Å². The number of rotatable bonds is 9. The Morgan fingerprint density at radius 2 is 2.23 bits per heavy atom. The van der Waals surface area contributed by atoms with E-state index >= 15 is 0 Å². The monoisotopic (exact) mass is 434 g/mol. The summed E-state index contributed by atoms with van der Waals surface area (Å²) in [4.78, 5) is 20.5. The molecule has 1 aliphatic heterocycles. The SMILES string of the molecule is C#C[C@]1(CO)O[C@@H](n2ccc3c(N)nc(Cl)nc32)C[C@@H]1OC(=O)CCCCCCC. The number of nitrogen functional groups attached to an aromatic ring is 1. The predicted molar refractivity (Wildman–Crippen MR) is 114 cm³/mol. The largest absolute Gasteiger partial charge is 0.458 e.